The zero-order chi connectivity index (χ0) is 15.9. The number of likely N-dealkylation sites (N-methyl/N-ethyl adjacent to an activating group) is 1. The molecule has 2 aromatic carbocycles. The molecule has 0 aliphatic rings. The van der Waals surface area contributed by atoms with Crippen LogP contribution in [-0.4, -0.2) is 32.2 Å². The van der Waals surface area contributed by atoms with E-state index in [1.54, 1.807) is 7.11 Å². The number of hydrogen-bond acceptors (Lipinski definition) is 3. The van der Waals surface area contributed by atoms with Crippen molar-refractivity contribution in [3.8, 4) is 11.5 Å². The maximum absolute atomic E-state index is 13.0. The van der Waals surface area contributed by atoms with Crippen LogP contribution in [0.3, 0.4) is 0 Å². The van der Waals surface area contributed by atoms with Gasteiger partial charge in [0.05, 0.1) is 7.11 Å². The number of halogens is 1. The van der Waals surface area contributed by atoms with Crippen molar-refractivity contribution in [2.75, 3.05) is 27.3 Å². The first kappa shape index (κ1) is 16.3. The molecule has 0 saturated carbocycles. The largest absolute Gasteiger partial charge is 0.497 e. The highest BCUT2D eigenvalue weighted by Gasteiger charge is 2.11. The second-order valence-electron chi connectivity index (χ2n) is 5.23. The Labute approximate surface area is 131 Å². The van der Waals surface area contributed by atoms with Gasteiger partial charge in [-0.2, -0.15) is 0 Å². The molecule has 4 heteroatoms. The molecule has 1 unspecified atom stereocenters. The van der Waals surface area contributed by atoms with E-state index in [-0.39, 0.29) is 11.9 Å². The smallest absolute Gasteiger partial charge is 0.123 e. The molecular weight excluding hydrogens is 281 g/mol. The van der Waals surface area contributed by atoms with Gasteiger partial charge in [-0.05, 0) is 55.9 Å². The highest BCUT2D eigenvalue weighted by Crippen LogP contribution is 2.20. The summed E-state index contributed by atoms with van der Waals surface area (Å²) in [6.07, 6.45) is 0. The van der Waals surface area contributed by atoms with Crippen LogP contribution in [0.1, 0.15) is 18.5 Å². The second-order valence-corrected chi connectivity index (χ2v) is 5.23. The Morgan fingerprint density at radius 2 is 1.59 bits per heavy atom. The molecule has 0 heterocycles. The maximum Gasteiger partial charge on any atom is 0.123 e. The molecule has 0 spiro atoms. The van der Waals surface area contributed by atoms with Gasteiger partial charge in [0.2, 0.25) is 0 Å². The number of benzene rings is 2. The van der Waals surface area contributed by atoms with E-state index in [1.165, 1.54) is 12.1 Å². The van der Waals surface area contributed by atoms with Crippen LogP contribution < -0.4 is 9.47 Å². The van der Waals surface area contributed by atoms with E-state index in [9.17, 15) is 4.39 Å². The van der Waals surface area contributed by atoms with Gasteiger partial charge in [-0.15, -0.1) is 0 Å². The van der Waals surface area contributed by atoms with E-state index in [0.29, 0.717) is 6.61 Å². The van der Waals surface area contributed by atoms with E-state index in [4.69, 9.17) is 9.47 Å². The Morgan fingerprint density at radius 1 is 1.00 bits per heavy atom. The summed E-state index contributed by atoms with van der Waals surface area (Å²) in [5, 5.41) is 0. The van der Waals surface area contributed by atoms with Crippen LogP contribution in [-0.2, 0) is 0 Å². The van der Waals surface area contributed by atoms with E-state index >= 15 is 0 Å². The molecule has 0 radical (unpaired) electrons. The van der Waals surface area contributed by atoms with Gasteiger partial charge in [0.25, 0.3) is 0 Å². The molecule has 0 saturated heterocycles. The summed E-state index contributed by atoms with van der Waals surface area (Å²) in [5.74, 6) is 1.43. The van der Waals surface area contributed by atoms with Gasteiger partial charge >= 0.3 is 0 Å². The van der Waals surface area contributed by atoms with Crippen LogP contribution in [0.15, 0.2) is 48.5 Å². The van der Waals surface area contributed by atoms with E-state index in [1.807, 2.05) is 43.4 Å². The van der Waals surface area contributed by atoms with Crippen molar-refractivity contribution in [1.29, 1.82) is 0 Å². The molecule has 1 atom stereocenters. The first-order valence-electron chi connectivity index (χ1n) is 7.32. The van der Waals surface area contributed by atoms with Crippen LogP contribution in [0, 0.1) is 5.82 Å². The van der Waals surface area contributed by atoms with Gasteiger partial charge in [-0.25, -0.2) is 4.39 Å². The highest BCUT2D eigenvalue weighted by atomic mass is 19.1. The van der Waals surface area contributed by atoms with Crippen molar-refractivity contribution in [2.45, 2.75) is 13.0 Å². The molecule has 0 fully saturated rings. The van der Waals surface area contributed by atoms with Gasteiger partial charge in [-0.1, -0.05) is 12.1 Å². The number of nitrogens with zero attached hydrogens (tertiary/aromatic N) is 1. The number of hydrogen-bond donors (Lipinski definition) is 0. The summed E-state index contributed by atoms with van der Waals surface area (Å²) in [7, 11) is 3.67. The Bertz CT molecular complexity index is 569. The normalized spacial score (nSPS) is 12.2. The third-order valence-corrected chi connectivity index (χ3v) is 3.79. The van der Waals surface area contributed by atoms with Gasteiger partial charge in [-0.3, -0.25) is 4.90 Å². The average Bonchev–Trinajstić information content (AvgIpc) is 2.55. The minimum absolute atomic E-state index is 0.207. The molecule has 0 N–H and O–H groups in total. The topological polar surface area (TPSA) is 21.7 Å². The molecule has 2 rings (SSSR count). The lowest BCUT2D eigenvalue weighted by molar-refractivity contribution is 0.201. The molecule has 2 aromatic rings. The summed E-state index contributed by atoms with van der Waals surface area (Å²) in [6.45, 7) is 3.47. The lowest BCUT2D eigenvalue weighted by Gasteiger charge is -2.25. The molecule has 118 valence electrons. The molecule has 22 heavy (non-hydrogen) atoms. The quantitative estimate of drug-likeness (QED) is 0.774. The van der Waals surface area contributed by atoms with Crippen molar-refractivity contribution in [2.24, 2.45) is 0 Å². The first-order chi connectivity index (χ1) is 10.6. The van der Waals surface area contributed by atoms with Gasteiger partial charge in [0.15, 0.2) is 0 Å². The molecule has 0 aliphatic carbocycles. The summed E-state index contributed by atoms with van der Waals surface area (Å²) < 4.78 is 23.8. The molecule has 0 aliphatic heterocycles. The number of methoxy groups -OCH3 is 1. The highest BCUT2D eigenvalue weighted by molar-refractivity contribution is 5.31. The van der Waals surface area contributed by atoms with Crippen molar-refractivity contribution in [3.63, 3.8) is 0 Å². The summed E-state index contributed by atoms with van der Waals surface area (Å²) in [4.78, 5) is 2.18. The van der Waals surface area contributed by atoms with Crippen molar-refractivity contribution < 1.29 is 13.9 Å². The van der Waals surface area contributed by atoms with Crippen molar-refractivity contribution in [1.82, 2.24) is 4.90 Å². The molecule has 0 aromatic heterocycles. The zero-order valence-corrected chi connectivity index (χ0v) is 13.3. The molecular formula is C18H22FNO2. The van der Waals surface area contributed by atoms with Crippen LogP contribution in [0.25, 0.3) is 0 Å². The third kappa shape index (κ3) is 4.46. The van der Waals surface area contributed by atoms with Crippen molar-refractivity contribution >= 4 is 0 Å². The van der Waals surface area contributed by atoms with Crippen LogP contribution in [0.4, 0.5) is 4.39 Å². The fourth-order valence-electron chi connectivity index (χ4n) is 2.17. The van der Waals surface area contributed by atoms with Crippen LogP contribution >= 0.6 is 0 Å². The van der Waals surface area contributed by atoms with E-state index in [2.05, 4.69) is 11.8 Å². The predicted molar refractivity (Wildman–Crippen MR) is 85.9 cm³/mol. The first-order valence-corrected chi connectivity index (χ1v) is 7.32. The minimum Gasteiger partial charge on any atom is -0.497 e. The summed E-state index contributed by atoms with van der Waals surface area (Å²) in [6, 6.07) is 14.4. The fraction of sp³-hybridized carbons (Fsp3) is 0.333. The second kappa shape index (κ2) is 7.80. The average molecular weight is 303 g/mol. The standard InChI is InChI=1S/C18H22FNO2/c1-14(15-4-6-16(19)7-5-15)20(2)12-13-22-18-10-8-17(21-3)9-11-18/h4-11,14H,12-13H2,1-3H3. The van der Waals surface area contributed by atoms with Gasteiger partial charge < -0.3 is 9.47 Å². The number of ether oxygens (including phenoxy) is 2. The zero-order valence-electron chi connectivity index (χ0n) is 13.3. The van der Waals surface area contributed by atoms with Gasteiger partial charge in [0.1, 0.15) is 23.9 Å². The summed E-state index contributed by atoms with van der Waals surface area (Å²) >= 11 is 0. The summed E-state index contributed by atoms with van der Waals surface area (Å²) in [5.41, 5.74) is 1.09. The van der Waals surface area contributed by atoms with Crippen LogP contribution in [0.5, 0.6) is 11.5 Å². The lowest BCUT2D eigenvalue weighted by Crippen LogP contribution is -2.27. The van der Waals surface area contributed by atoms with E-state index < -0.39 is 0 Å². The maximum atomic E-state index is 13.0. The van der Waals surface area contributed by atoms with Gasteiger partial charge in [0, 0.05) is 12.6 Å². The predicted octanol–water partition coefficient (Wildman–Crippen LogP) is 3.91. The van der Waals surface area contributed by atoms with Crippen LogP contribution in [0.2, 0.25) is 0 Å². The molecule has 0 bridgehead atoms. The Morgan fingerprint density at radius 3 is 2.18 bits per heavy atom. The Balaban J connectivity index is 1.81. The minimum atomic E-state index is -0.207. The Kier molecular flexibility index (Phi) is 5.78. The number of rotatable bonds is 7. The van der Waals surface area contributed by atoms with E-state index in [0.717, 1.165) is 23.6 Å². The molecule has 0 amide bonds. The fourth-order valence-corrected chi connectivity index (χ4v) is 2.17. The SMILES string of the molecule is COc1ccc(OCCN(C)C(C)c2ccc(F)cc2)cc1. The third-order valence-electron chi connectivity index (χ3n) is 3.79. The lowest BCUT2D eigenvalue weighted by atomic mass is 10.1. The monoisotopic (exact) mass is 303 g/mol. The Hall–Kier alpha value is -2.07. The van der Waals surface area contributed by atoms with Crippen molar-refractivity contribution in [3.05, 3.63) is 59.9 Å². The molecule has 3 nitrogen and oxygen atoms in total.